The smallest absolute Gasteiger partial charge is 0.253 e. The van der Waals surface area contributed by atoms with Gasteiger partial charge in [0.1, 0.15) is 0 Å². The van der Waals surface area contributed by atoms with Crippen LogP contribution in [0.5, 0.6) is 0 Å². The average molecular weight is 355 g/mol. The maximum absolute atomic E-state index is 13.0. The zero-order valence-electron chi connectivity index (χ0n) is 15.8. The Morgan fingerprint density at radius 2 is 2.04 bits per heavy atom. The molecule has 7 nitrogen and oxygen atoms in total. The van der Waals surface area contributed by atoms with Crippen LogP contribution in [0, 0.1) is 16.7 Å². The minimum absolute atomic E-state index is 0.0873. The number of aryl methyl sites for hydroxylation is 1. The summed E-state index contributed by atoms with van der Waals surface area (Å²) in [6.07, 6.45) is 1.11. The quantitative estimate of drug-likeness (QED) is 0.839. The van der Waals surface area contributed by atoms with Crippen LogP contribution in [0.25, 0.3) is 11.4 Å². The molecule has 1 amide bonds. The Bertz CT molecular complexity index is 829. The summed E-state index contributed by atoms with van der Waals surface area (Å²) in [4.78, 5) is 16.4. The van der Waals surface area contributed by atoms with E-state index in [0.717, 1.165) is 31.7 Å². The molecule has 2 heterocycles. The lowest BCUT2D eigenvalue weighted by Gasteiger charge is -2.56. The highest BCUT2D eigenvalue weighted by Crippen LogP contribution is 2.62. The molecule has 4 rings (SSSR count). The second-order valence-corrected chi connectivity index (χ2v) is 8.38. The molecule has 138 valence electrons. The maximum atomic E-state index is 13.0. The molecule has 1 aromatic heterocycles. The number of rotatable bonds is 4. The number of nitrogens with zero attached hydrogens (tertiary/aromatic N) is 5. The third kappa shape index (κ3) is 2.61. The zero-order valence-corrected chi connectivity index (χ0v) is 15.8. The van der Waals surface area contributed by atoms with Crippen molar-refractivity contribution in [1.82, 2.24) is 25.1 Å². The average Bonchev–Trinajstić information content (AvgIpc) is 3.17. The highest BCUT2D eigenvalue weighted by Gasteiger charge is 2.63. The fourth-order valence-electron chi connectivity index (χ4n) is 5.11. The van der Waals surface area contributed by atoms with E-state index in [0.29, 0.717) is 17.3 Å². The molecule has 1 aliphatic carbocycles. The first-order chi connectivity index (χ1) is 12.3. The van der Waals surface area contributed by atoms with Gasteiger partial charge in [-0.25, -0.2) is 0 Å². The summed E-state index contributed by atoms with van der Waals surface area (Å²) in [6.45, 7) is 6.90. The van der Waals surface area contributed by atoms with E-state index in [4.69, 9.17) is 4.74 Å². The lowest BCUT2D eigenvalue weighted by molar-refractivity contribution is -0.107. The van der Waals surface area contributed by atoms with E-state index in [1.807, 2.05) is 29.2 Å². The highest BCUT2D eigenvalue weighted by atomic mass is 16.5. The first kappa shape index (κ1) is 17.1. The number of likely N-dealkylation sites (tertiary alicyclic amines) is 1. The van der Waals surface area contributed by atoms with Gasteiger partial charge in [-0.05, 0) is 35.1 Å². The van der Waals surface area contributed by atoms with Crippen LogP contribution in [0.3, 0.4) is 0 Å². The van der Waals surface area contributed by atoms with Crippen molar-refractivity contribution >= 4 is 5.91 Å². The standard InChI is InChI=1S/C19H25N5O2/c1-18(2)10-19(12-26-4)11-24(9-15(18)19)17(25)14-7-5-13(6-8-14)16-20-22-23(3)21-16/h5-8,15H,9-12H2,1-4H3/t15-,19-/m1/s1. The Labute approximate surface area is 153 Å². The molecule has 1 aromatic carbocycles. The van der Waals surface area contributed by atoms with Crippen molar-refractivity contribution in [2.24, 2.45) is 23.8 Å². The number of ether oxygens (including phenoxy) is 1. The summed E-state index contributed by atoms with van der Waals surface area (Å²) in [6, 6.07) is 7.46. The van der Waals surface area contributed by atoms with Crippen LogP contribution in [-0.4, -0.2) is 57.8 Å². The van der Waals surface area contributed by atoms with Crippen LogP contribution in [-0.2, 0) is 11.8 Å². The third-order valence-corrected chi connectivity index (χ3v) is 6.02. The Balaban J connectivity index is 1.51. The largest absolute Gasteiger partial charge is 0.384 e. The number of fused-ring (bicyclic) bond motifs is 1. The molecule has 1 saturated heterocycles. The summed E-state index contributed by atoms with van der Waals surface area (Å²) < 4.78 is 5.48. The summed E-state index contributed by atoms with van der Waals surface area (Å²) >= 11 is 0. The van der Waals surface area contributed by atoms with Gasteiger partial charge in [0.15, 0.2) is 0 Å². The van der Waals surface area contributed by atoms with Gasteiger partial charge in [0.05, 0.1) is 13.7 Å². The molecule has 7 heteroatoms. The van der Waals surface area contributed by atoms with Crippen LogP contribution in [0.15, 0.2) is 24.3 Å². The minimum Gasteiger partial charge on any atom is -0.384 e. The van der Waals surface area contributed by atoms with Gasteiger partial charge in [-0.1, -0.05) is 26.0 Å². The van der Waals surface area contributed by atoms with Crippen molar-refractivity contribution < 1.29 is 9.53 Å². The number of hydrogen-bond acceptors (Lipinski definition) is 5. The number of benzene rings is 1. The molecule has 1 aliphatic heterocycles. The zero-order chi connectivity index (χ0) is 18.5. The molecule has 0 radical (unpaired) electrons. The molecule has 2 atom stereocenters. The van der Waals surface area contributed by atoms with Gasteiger partial charge in [-0.15, -0.1) is 10.2 Å². The van der Waals surface area contributed by atoms with Crippen LogP contribution >= 0.6 is 0 Å². The minimum atomic E-state index is 0.0873. The molecule has 0 N–H and O–H groups in total. The van der Waals surface area contributed by atoms with E-state index in [2.05, 4.69) is 29.3 Å². The lowest BCUT2D eigenvalue weighted by Crippen LogP contribution is -2.55. The van der Waals surface area contributed by atoms with E-state index in [-0.39, 0.29) is 16.7 Å². The lowest BCUT2D eigenvalue weighted by atomic mass is 9.48. The number of methoxy groups -OCH3 is 1. The van der Waals surface area contributed by atoms with E-state index in [9.17, 15) is 4.79 Å². The van der Waals surface area contributed by atoms with Crippen LogP contribution in [0.2, 0.25) is 0 Å². The van der Waals surface area contributed by atoms with Crippen LogP contribution in [0.1, 0.15) is 30.6 Å². The highest BCUT2D eigenvalue weighted by molar-refractivity contribution is 5.95. The van der Waals surface area contributed by atoms with Gasteiger partial charge in [0.2, 0.25) is 5.82 Å². The van der Waals surface area contributed by atoms with Crippen molar-refractivity contribution in [1.29, 1.82) is 0 Å². The maximum Gasteiger partial charge on any atom is 0.253 e. The SMILES string of the molecule is COC[C@@]12CN(C(=O)c3ccc(-c4nnn(C)n4)cc3)C[C@@H]1C(C)(C)C2. The Kier molecular flexibility index (Phi) is 3.87. The fraction of sp³-hybridized carbons (Fsp3) is 0.579. The molecule has 2 fully saturated rings. The van der Waals surface area contributed by atoms with Gasteiger partial charge < -0.3 is 9.64 Å². The topological polar surface area (TPSA) is 73.1 Å². The molecular weight excluding hydrogens is 330 g/mol. The fourth-order valence-corrected chi connectivity index (χ4v) is 5.11. The number of aromatic nitrogens is 4. The summed E-state index contributed by atoms with van der Waals surface area (Å²) in [5, 5.41) is 12.0. The predicted octanol–water partition coefficient (Wildman–Crippen LogP) is 2.01. The normalized spacial score (nSPS) is 26.5. The van der Waals surface area contributed by atoms with Gasteiger partial charge in [-0.2, -0.15) is 4.80 Å². The van der Waals surface area contributed by atoms with Crippen molar-refractivity contribution in [3.05, 3.63) is 29.8 Å². The third-order valence-electron chi connectivity index (χ3n) is 6.02. The molecule has 2 aliphatic rings. The number of carbonyl (C=O) groups excluding carboxylic acids is 1. The number of carbonyl (C=O) groups is 1. The first-order valence-electron chi connectivity index (χ1n) is 8.97. The van der Waals surface area contributed by atoms with Crippen molar-refractivity contribution in [2.45, 2.75) is 20.3 Å². The van der Waals surface area contributed by atoms with Crippen LogP contribution in [0.4, 0.5) is 0 Å². The molecule has 0 unspecified atom stereocenters. The van der Waals surface area contributed by atoms with E-state index in [1.165, 1.54) is 4.80 Å². The summed E-state index contributed by atoms with van der Waals surface area (Å²) in [5.74, 6) is 1.15. The monoisotopic (exact) mass is 355 g/mol. The number of hydrogen-bond donors (Lipinski definition) is 0. The Hall–Kier alpha value is -2.28. The molecule has 0 spiro atoms. The molecular formula is C19H25N5O2. The summed E-state index contributed by atoms with van der Waals surface area (Å²) in [7, 11) is 3.48. The summed E-state index contributed by atoms with van der Waals surface area (Å²) in [5.41, 5.74) is 1.95. The first-order valence-corrected chi connectivity index (χ1v) is 8.97. The second-order valence-electron chi connectivity index (χ2n) is 8.38. The van der Waals surface area contributed by atoms with E-state index < -0.39 is 0 Å². The van der Waals surface area contributed by atoms with Gasteiger partial charge in [0.25, 0.3) is 5.91 Å². The number of tetrazole rings is 1. The van der Waals surface area contributed by atoms with E-state index in [1.54, 1.807) is 14.2 Å². The molecule has 2 aromatic rings. The van der Waals surface area contributed by atoms with Gasteiger partial charge >= 0.3 is 0 Å². The number of amides is 1. The van der Waals surface area contributed by atoms with Crippen LogP contribution < -0.4 is 0 Å². The van der Waals surface area contributed by atoms with Crippen molar-refractivity contribution in [3.8, 4) is 11.4 Å². The second kappa shape index (κ2) is 5.87. The molecule has 26 heavy (non-hydrogen) atoms. The predicted molar refractivity (Wildman–Crippen MR) is 96.3 cm³/mol. The van der Waals surface area contributed by atoms with E-state index >= 15 is 0 Å². The Morgan fingerprint density at radius 3 is 2.62 bits per heavy atom. The molecule has 0 bridgehead atoms. The Morgan fingerprint density at radius 1 is 1.31 bits per heavy atom. The van der Waals surface area contributed by atoms with Gasteiger partial charge in [-0.3, -0.25) is 4.79 Å². The van der Waals surface area contributed by atoms with Crippen molar-refractivity contribution in [2.75, 3.05) is 26.8 Å². The molecule has 1 saturated carbocycles. The van der Waals surface area contributed by atoms with Crippen molar-refractivity contribution in [3.63, 3.8) is 0 Å². The van der Waals surface area contributed by atoms with Gasteiger partial charge in [0, 0.05) is 36.7 Å².